The van der Waals surface area contributed by atoms with Gasteiger partial charge in [0.25, 0.3) is 0 Å². The van der Waals surface area contributed by atoms with Crippen molar-refractivity contribution in [1.82, 2.24) is 15.5 Å². The molecule has 0 radical (unpaired) electrons. The molecule has 2 N–H and O–H groups in total. The molecule has 0 bridgehead atoms. The van der Waals surface area contributed by atoms with Crippen molar-refractivity contribution in [3.8, 4) is 0 Å². The van der Waals surface area contributed by atoms with Crippen LogP contribution in [-0.4, -0.2) is 37.3 Å². The van der Waals surface area contributed by atoms with Crippen molar-refractivity contribution < 1.29 is 9.21 Å². The molecule has 2 heterocycles. The van der Waals surface area contributed by atoms with Gasteiger partial charge in [-0.15, -0.1) is 11.8 Å². The maximum atomic E-state index is 12.3. The highest BCUT2D eigenvalue weighted by molar-refractivity contribution is 7.99. The average Bonchev–Trinajstić information content (AvgIpc) is 3.09. The fourth-order valence-corrected chi connectivity index (χ4v) is 4.03. The van der Waals surface area contributed by atoms with Gasteiger partial charge in [0, 0.05) is 17.2 Å². The zero-order valence-corrected chi connectivity index (χ0v) is 14.8. The minimum Gasteiger partial charge on any atom is -0.468 e. The van der Waals surface area contributed by atoms with Gasteiger partial charge in [0.05, 0.1) is 18.3 Å². The Morgan fingerprint density at radius 1 is 1.33 bits per heavy atom. The van der Waals surface area contributed by atoms with Gasteiger partial charge in [0.1, 0.15) is 5.76 Å². The molecule has 3 rings (SSSR count). The predicted molar refractivity (Wildman–Crippen MR) is 96.2 cm³/mol. The van der Waals surface area contributed by atoms with Crippen LogP contribution in [0, 0.1) is 0 Å². The van der Waals surface area contributed by atoms with Gasteiger partial charge in [-0.2, -0.15) is 0 Å². The number of carbonyl (C=O) groups is 1. The van der Waals surface area contributed by atoms with E-state index in [-0.39, 0.29) is 18.1 Å². The van der Waals surface area contributed by atoms with Gasteiger partial charge < -0.3 is 15.1 Å². The van der Waals surface area contributed by atoms with E-state index < -0.39 is 0 Å². The van der Waals surface area contributed by atoms with Crippen LogP contribution in [0.3, 0.4) is 0 Å². The molecule has 2 amide bonds. The molecule has 1 aromatic heterocycles. The molecule has 6 heteroatoms. The topological polar surface area (TPSA) is 57.5 Å². The minimum absolute atomic E-state index is 0.0138. The monoisotopic (exact) mass is 345 g/mol. The summed E-state index contributed by atoms with van der Waals surface area (Å²) >= 11 is 1.85. The fraction of sp³-hybridized carbons (Fsp3) is 0.389. The maximum absolute atomic E-state index is 12.3. The van der Waals surface area contributed by atoms with E-state index in [1.54, 1.807) is 6.26 Å². The number of hydrogen-bond acceptors (Lipinski definition) is 4. The molecule has 0 unspecified atom stereocenters. The van der Waals surface area contributed by atoms with Crippen LogP contribution in [0.2, 0.25) is 0 Å². The van der Waals surface area contributed by atoms with Crippen LogP contribution in [0.1, 0.15) is 29.8 Å². The first-order valence-corrected chi connectivity index (χ1v) is 9.09. The SMILES string of the molecule is CN(C)[C@@H](CNC(=O)N[C@@H]1CCSc2ccccc21)c1ccco1. The van der Waals surface area contributed by atoms with E-state index in [0.717, 1.165) is 17.9 Å². The first-order valence-electron chi connectivity index (χ1n) is 8.11. The molecule has 128 valence electrons. The van der Waals surface area contributed by atoms with E-state index in [2.05, 4.69) is 22.8 Å². The number of amides is 2. The van der Waals surface area contributed by atoms with E-state index in [1.165, 1.54) is 10.5 Å². The Bertz CT molecular complexity index is 673. The number of thioether (sulfide) groups is 1. The number of likely N-dealkylation sites (N-methyl/N-ethyl adjacent to an activating group) is 1. The second-order valence-corrected chi connectivity index (χ2v) is 7.21. The Morgan fingerprint density at radius 3 is 2.92 bits per heavy atom. The van der Waals surface area contributed by atoms with Crippen LogP contribution in [0.4, 0.5) is 4.79 Å². The summed E-state index contributed by atoms with van der Waals surface area (Å²) in [6.07, 6.45) is 2.60. The Morgan fingerprint density at radius 2 is 2.17 bits per heavy atom. The molecule has 5 nitrogen and oxygen atoms in total. The lowest BCUT2D eigenvalue weighted by atomic mass is 10.0. The van der Waals surface area contributed by atoms with Crippen LogP contribution in [0.15, 0.2) is 52.0 Å². The second-order valence-electron chi connectivity index (χ2n) is 6.08. The number of benzene rings is 1. The predicted octanol–water partition coefficient (Wildman–Crippen LogP) is 3.42. The van der Waals surface area contributed by atoms with Crippen molar-refractivity contribution >= 4 is 17.8 Å². The van der Waals surface area contributed by atoms with Crippen molar-refractivity contribution in [2.24, 2.45) is 0 Å². The lowest BCUT2D eigenvalue weighted by Crippen LogP contribution is -2.42. The molecule has 0 saturated heterocycles. The van der Waals surface area contributed by atoms with Crippen molar-refractivity contribution in [3.63, 3.8) is 0 Å². The number of carbonyl (C=O) groups excluding carboxylic acids is 1. The molecule has 1 aliphatic rings. The van der Waals surface area contributed by atoms with Crippen LogP contribution in [0.5, 0.6) is 0 Å². The standard InChI is InChI=1S/C18H23N3O2S/c1-21(2)15(16-7-5-10-23-16)12-19-18(22)20-14-9-11-24-17-8-4-3-6-13(14)17/h3-8,10,14-15H,9,11-12H2,1-2H3,(H2,19,20,22)/t14-,15+/m1/s1. The second kappa shape index (κ2) is 7.77. The van der Waals surface area contributed by atoms with Gasteiger partial charge in [-0.3, -0.25) is 4.90 Å². The Labute approximate surface area is 146 Å². The molecular weight excluding hydrogens is 322 g/mol. The number of urea groups is 1. The summed E-state index contributed by atoms with van der Waals surface area (Å²) < 4.78 is 5.47. The zero-order valence-electron chi connectivity index (χ0n) is 14.0. The lowest BCUT2D eigenvalue weighted by Gasteiger charge is -2.27. The van der Waals surface area contributed by atoms with E-state index >= 15 is 0 Å². The summed E-state index contributed by atoms with van der Waals surface area (Å²) in [4.78, 5) is 15.6. The third kappa shape index (κ3) is 3.94. The lowest BCUT2D eigenvalue weighted by molar-refractivity contribution is 0.222. The van der Waals surface area contributed by atoms with E-state index in [1.807, 2.05) is 55.0 Å². The summed E-state index contributed by atoms with van der Waals surface area (Å²) in [6, 6.07) is 12.0. The highest BCUT2D eigenvalue weighted by atomic mass is 32.2. The summed E-state index contributed by atoms with van der Waals surface area (Å²) in [7, 11) is 3.95. The number of furan rings is 1. The zero-order chi connectivity index (χ0) is 16.9. The molecular formula is C18H23N3O2S. The number of hydrogen-bond donors (Lipinski definition) is 2. The Kier molecular flexibility index (Phi) is 5.48. The van der Waals surface area contributed by atoms with Crippen LogP contribution in [-0.2, 0) is 0 Å². The molecule has 24 heavy (non-hydrogen) atoms. The molecule has 2 atom stereocenters. The molecule has 2 aromatic rings. The van der Waals surface area contributed by atoms with Gasteiger partial charge in [-0.1, -0.05) is 18.2 Å². The molecule has 1 aliphatic heterocycles. The molecule has 0 spiro atoms. The number of fused-ring (bicyclic) bond motifs is 1. The van der Waals surface area contributed by atoms with E-state index in [4.69, 9.17) is 4.42 Å². The van der Waals surface area contributed by atoms with Gasteiger partial charge in [0.15, 0.2) is 0 Å². The van der Waals surface area contributed by atoms with Crippen molar-refractivity contribution in [1.29, 1.82) is 0 Å². The minimum atomic E-state index is -0.139. The number of nitrogens with one attached hydrogen (secondary N) is 2. The van der Waals surface area contributed by atoms with Crippen LogP contribution in [0.25, 0.3) is 0 Å². The van der Waals surface area contributed by atoms with Gasteiger partial charge >= 0.3 is 6.03 Å². The van der Waals surface area contributed by atoms with Crippen LogP contribution < -0.4 is 10.6 Å². The van der Waals surface area contributed by atoms with Crippen molar-refractivity contribution in [2.45, 2.75) is 23.4 Å². The van der Waals surface area contributed by atoms with E-state index in [9.17, 15) is 4.79 Å². The maximum Gasteiger partial charge on any atom is 0.315 e. The summed E-state index contributed by atoms with van der Waals surface area (Å²) in [6.45, 7) is 0.495. The van der Waals surface area contributed by atoms with Crippen LogP contribution >= 0.6 is 11.8 Å². The largest absolute Gasteiger partial charge is 0.468 e. The van der Waals surface area contributed by atoms with Gasteiger partial charge in [0.2, 0.25) is 0 Å². The number of nitrogens with zero attached hydrogens (tertiary/aromatic N) is 1. The smallest absolute Gasteiger partial charge is 0.315 e. The highest BCUT2D eigenvalue weighted by Gasteiger charge is 2.23. The highest BCUT2D eigenvalue weighted by Crippen LogP contribution is 2.35. The summed E-state index contributed by atoms with van der Waals surface area (Å²) in [5, 5.41) is 6.07. The molecule has 1 aromatic carbocycles. The number of rotatable bonds is 5. The first kappa shape index (κ1) is 16.9. The normalized spacial score (nSPS) is 18.0. The van der Waals surface area contributed by atoms with Crippen molar-refractivity contribution in [2.75, 3.05) is 26.4 Å². The third-order valence-corrected chi connectivity index (χ3v) is 5.34. The molecule has 0 aliphatic carbocycles. The van der Waals surface area contributed by atoms with Crippen molar-refractivity contribution in [3.05, 3.63) is 54.0 Å². The summed E-state index contributed by atoms with van der Waals surface area (Å²) in [5.41, 5.74) is 1.21. The van der Waals surface area contributed by atoms with Gasteiger partial charge in [-0.25, -0.2) is 4.79 Å². The Hall–Kier alpha value is -1.92. The fourth-order valence-electron chi connectivity index (χ4n) is 2.91. The average molecular weight is 345 g/mol. The first-order chi connectivity index (χ1) is 11.6. The van der Waals surface area contributed by atoms with E-state index in [0.29, 0.717) is 6.54 Å². The third-order valence-electron chi connectivity index (χ3n) is 4.21. The molecule has 0 saturated carbocycles. The summed E-state index contributed by atoms with van der Waals surface area (Å²) in [5.74, 6) is 1.87. The molecule has 0 fully saturated rings. The Balaban J connectivity index is 1.58. The van der Waals surface area contributed by atoms with Gasteiger partial charge in [-0.05, 0) is 44.3 Å². The quantitative estimate of drug-likeness (QED) is 0.872.